The number of ether oxygens (including phenoxy) is 1. The molecule has 0 aromatic rings. The Morgan fingerprint density at radius 3 is 2.50 bits per heavy atom. The zero-order valence-corrected chi connectivity index (χ0v) is 9.85. The van der Waals surface area contributed by atoms with Gasteiger partial charge in [0.1, 0.15) is 0 Å². The Kier molecular flexibility index (Phi) is 6.54. The third kappa shape index (κ3) is 5.22. The molecule has 0 atom stereocenters. The predicted octanol–water partition coefficient (Wildman–Crippen LogP) is 1.97. The van der Waals surface area contributed by atoms with Crippen molar-refractivity contribution in [2.75, 3.05) is 19.7 Å². The standard InChI is InChI=1S/C11H23NO2/c1-5-11(3,4)10(13)14-9-7-8-12-6-2/h12H,5-9H2,1-4H3. The zero-order chi connectivity index (χ0) is 11.0. The van der Waals surface area contributed by atoms with Crippen LogP contribution in [-0.4, -0.2) is 25.7 Å². The molecule has 0 radical (unpaired) electrons. The zero-order valence-electron chi connectivity index (χ0n) is 9.85. The van der Waals surface area contributed by atoms with E-state index >= 15 is 0 Å². The molecule has 0 amide bonds. The van der Waals surface area contributed by atoms with E-state index in [1.807, 2.05) is 20.8 Å². The summed E-state index contributed by atoms with van der Waals surface area (Å²) >= 11 is 0. The second kappa shape index (κ2) is 6.82. The highest BCUT2D eigenvalue weighted by molar-refractivity contribution is 5.75. The van der Waals surface area contributed by atoms with Crippen LogP contribution in [0.1, 0.15) is 40.5 Å². The Morgan fingerprint density at radius 1 is 1.36 bits per heavy atom. The van der Waals surface area contributed by atoms with E-state index in [0.29, 0.717) is 6.61 Å². The van der Waals surface area contributed by atoms with Crippen LogP contribution < -0.4 is 5.32 Å². The van der Waals surface area contributed by atoms with Gasteiger partial charge < -0.3 is 10.1 Å². The molecule has 0 aliphatic rings. The SMILES string of the molecule is CCNCCCOC(=O)C(C)(C)CC. The second-order valence-electron chi connectivity index (χ2n) is 4.08. The number of nitrogens with one attached hydrogen (secondary N) is 1. The molecular formula is C11H23NO2. The monoisotopic (exact) mass is 201 g/mol. The lowest BCUT2D eigenvalue weighted by atomic mass is 9.91. The number of hydrogen-bond donors (Lipinski definition) is 1. The highest BCUT2D eigenvalue weighted by atomic mass is 16.5. The summed E-state index contributed by atoms with van der Waals surface area (Å²) < 4.78 is 5.17. The summed E-state index contributed by atoms with van der Waals surface area (Å²) in [6, 6.07) is 0. The van der Waals surface area contributed by atoms with Crippen LogP contribution in [0.5, 0.6) is 0 Å². The van der Waals surface area contributed by atoms with E-state index in [9.17, 15) is 4.79 Å². The van der Waals surface area contributed by atoms with E-state index in [0.717, 1.165) is 25.9 Å². The molecule has 0 bridgehead atoms. The van der Waals surface area contributed by atoms with Gasteiger partial charge in [0.15, 0.2) is 0 Å². The van der Waals surface area contributed by atoms with Gasteiger partial charge in [-0.25, -0.2) is 0 Å². The van der Waals surface area contributed by atoms with Gasteiger partial charge in [-0.2, -0.15) is 0 Å². The average molecular weight is 201 g/mol. The molecule has 1 N–H and O–H groups in total. The maximum atomic E-state index is 11.5. The number of carbonyl (C=O) groups is 1. The van der Waals surface area contributed by atoms with Gasteiger partial charge in [-0.1, -0.05) is 13.8 Å². The van der Waals surface area contributed by atoms with Crippen molar-refractivity contribution in [3.8, 4) is 0 Å². The van der Waals surface area contributed by atoms with Crippen LogP contribution in [0.4, 0.5) is 0 Å². The molecule has 0 aliphatic carbocycles. The maximum Gasteiger partial charge on any atom is 0.311 e. The van der Waals surface area contributed by atoms with Gasteiger partial charge in [0, 0.05) is 0 Å². The predicted molar refractivity (Wildman–Crippen MR) is 58.2 cm³/mol. The highest BCUT2D eigenvalue weighted by Crippen LogP contribution is 2.21. The van der Waals surface area contributed by atoms with Crippen molar-refractivity contribution in [3.63, 3.8) is 0 Å². The fraction of sp³-hybridized carbons (Fsp3) is 0.909. The summed E-state index contributed by atoms with van der Waals surface area (Å²) in [6.07, 6.45) is 1.71. The Morgan fingerprint density at radius 2 is 2.00 bits per heavy atom. The van der Waals surface area contributed by atoms with Crippen molar-refractivity contribution in [3.05, 3.63) is 0 Å². The first-order valence-electron chi connectivity index (χ1n) is 5.42. The molecule has 0 unspecified atom stereocenters. The summed E-state index contributed by atoms with van der Waals surface area (Å²) in [4.78, 5) is 11.5. The van der Waals surface area contributed by atoms with E-state index in [2.05, 4.69) is 12.2 Å². The van der Waals surface area contributed by atoms with Crippen LogP contribution in [0.25, 0.3) is 0 Å². The molecular weight excluding hydrogens is 178 g/mol. The van der Waals surface area contributed by atoms with Crippen LogP contribution in [0.15, 0.2) is 0 Å². The van der Waals surface area contributed by atoms with E-state index in [4.69, 9.17) is 4.74 Å². The molecule has 3 heteroatoms. The molecule has 0 aromatic heterocycles. The molecule has 0 aromatic carbocycles. The normalized spacial score (nSPS) is 11.4. The van der Waals surface area contributed by atoms with Crippen LogP contribution in [0, 0.1) is 5.41 Å². The second-order valence-corrected chi connectivity index (χ2v) is 4.08. The van der Waals surface area contributed by atoms with Crippen molar-refractivity contribution >= 4 is 5.97 Å². The highest BCUT2D eigenvalue weighted by Gasteiger charge is 2.26. The van der Waals surface area contributed by atoms with Gasteiger partial charge in [-0.15, -0.1) is 0 Å². The van der Waals surface area contributed by atoms with Gasteiger partial charge >= 0.3 is 5.97 Å². The van der Waals surface area contributed by atoms with Crippen molar-refractivity contribution in [1.82, 2.24) is 5.32 Å². The van der Waals surface area contributed by atoms with Crippen LogP contribution in [-0.2, 0) is 9.53 Å². The van der Waals surface area contributed by atoms with Gasteiger partial charge in [-0.05, 0) is 39.8 Å². The lowest BCUT2D eigenvalue weighted by Gasteiger charge is -2.20. The Hall–Kier alpha value is -0.570. The quantitative estimate of drug-likeness (QED) is 0.505. The third-order valence-electron chi connectivity index (χ3n) is 2.42. The summed E-state index contributed by atoms with van der Waals surface area (Å²) in [5, 5.41) is 3.18. The number of rotatable bonds is 7. The van der Waals surface area contributed by atoms with Gasteiger partial charge in [0.25, 0.3) is 0 Å². The van der Waals surface area contributed by atoms with Crippen molar-refractivity contribution < 1.29 is 9.53 Å². The molecule has 0 saturated carbocycles. The van der Waals surface area contributed by atoms with Gasteiger partial charge in [-0.3, -0.25) is 4.79 Å². The van der Waals surface area contributed by atoms with Crippen molar-refractivity contribution in [1.29, 1.82) is 0 Å². The summed E-state index contributed by atoms with van der Waals surface area (Å²) in [6.45, 7) is 10.3. The number of carbonyl (C=O) groups excluding carboxylic acids is 1. The van der Waals surface area contributed by atoms with Crippen molar-refractivity contribution in [2.45, 2.75) is 40.5 Å². The van der Waals surface area contributed by atoms with Crippen LogP contribution in [0.3, 0.4) is 0 Å². The van der Waals surface area contributed by atoms with E-state index in [1.54, 1.807) is 0 Å². The molecule has 0 spiro atoms. The first-order valence-corrected chi connectivity index (χ1v) is 5.42. The maximum absolute atomic E-state index is 11.5. The van der Waals surface area contributed by atoms with Gasteiger partial charge in [0.05, 0.1) is 12.0 Å². The minimum atomic E-state index is -0.335. The molecule has 0 rings (SSSR count). The molecule has 0 aliphatic heterocycles. The minimum absolute atomic E-state index is 0.0866. The average Bonchev–Trinajstić information content (AvgIpc) is 2.17. The molecule has 0 fully saturated rings. The Bertz CT molecular complexity index is 167. The molecule has 14 heavy (non-hydrogen) atoms. The summed E-state index contributed by atoms with van der Waals surface area (Å²) in [5.41, 5.74) is -0.335. The Balaban J connectivity index is 3.54. The van der Waals surface area contributed by atoms with Crippen LogP contribution in [0.2, 0.25) is 0 Å². The van der Waals surface area contributed by atoms with Crippen LogP contribution >= 0.6 is 0 Å². The third-order valence-corrected chi connectivity index (χ3v) is 2.42. The topological polar surface area (TPSA) is 38.3 Å². The summed E-state index contributed by atoms with van der Waals surface area (Å²) in [7, 11) is 0. The summed E-state index contributed by atoms with van der Waals surface area (Å²) in [5.74, 6) is -0.0866. The number of hydrogen-bond acceptors (Lipinski definition) is 3. The lowest BCUT2D eigenvalue weighted by Crippen LogP contribution is -2.27. The largest absolute Gasteiger partial charge is 0.465 e. The van der Waals surface area contributed by atoms with Crippen molar-refractivity contribution in [2.24, 2.45) is 5.41 Å². The number of esters is 1. The lowest BCUT2D eigenvalue weighted by molar-refractivity contribution is -0.154. The minimum Gasteiger partial charge on any atom is -0.465 e. The first-order chi connectivity index (χ1) is 6.54. The smallest absolute Gasteiger partial charge is 0.311 e. The van der Waals surface area contributed by atoms with E-state index in [-0.39, 0.29) is 11.4 Å². The fourth-order valence-corrected chi connectivity index (χ4v) is 0.879. The van der Waals surface area contributed by atoms with E-state index < -0.39 is 0 Å². The first kappa shape index (κ1) is 13.4. The molecule has 0 heterocycles. The van der Waals surface area contributed by atoms with Gasteiger partial charge in [0.2, 0.25) is 0 Å². The molecule has 0 saturated heterocycles. The molecule has 3 nitrogen and oxygen atoms in total. The van der Waals surface area contributed by atoms with E-state index in [1.165, 1.54) is 0 Å². The fourth-order valence-electron chi connectivity index (χ4n) is 0.879. The Labute approximate surface area is 87.2 Å². The molecule has 84 valence electrons.